The van der Waals surface area contributed by atoms with E-state index in [4.69, 9.17) is 9.47 Å². The molecule has 0 aliphatic rings. The number of aryl methyl sites for hydroxylation is 1. The van der Waals surface area contributed by atoms with E-state index < -0.39 is 0 Å². The Hall–Kier alpha value is -2.08. The monoisotopic (exact) mass is 306 g/mol. The normalized spacial score (nSPS) is 10.3. The van der Waals surface area contributed by atoms with Gasteiger partial charge in [-0.05, 0) is 25.1 Å². The van der Waals surface area contributed by atoms with Gasteiger partial charge in [0.15, 0.2) is 11.5 Å². The Bertz CT molecular complexity index is 665. The standard InChI is InChI=1S/C15H18N2O3S/c1-9-16-13(14(21-9)15(18)17(2)3)10-6-7-11(19-4)12(8-10)20-5/h6-8H,1-5H3. The highest BCUT2D eigenvalue weighted by molar-refractivity contribution is 7.14. The van der Waals surface area contributed by atoms with Gasteiger partial charge in [0, 0.05) is 19.7 Å². The molecule has 0 saturated heterocycles. The average molecular weight is 306 g/mol. The minimum atomic E-state index is -0.0506. The van der Waals surface area contributed by atoms with Crippen LogP contribution in [0.15, 0.2) is 18.2 Å². The van der Waals surface area contributed by atoms with Gasteiger partial charge in [0.25, 0.3) is 5.91 Å². The van der Waals surface area contributed by atoms with Crippen LogP contribution in [0, 0.1) is 6.92 Å². The number of hydrogen-bond acceptors (Lipinski definition) is 5. The number of methoxy groups -OCH3 is 2. The highest BCUT2D eigenvalue weighted by Crippen LogP contribution is 2.35. The zero-order valence-corrected chi connectivity index (χ0v) is 13.6. The van der Waals surface area contributed by atoms with Crippen LogP contribution in [-0.4, -0.2) is 44.1 Å². The van der Waals surface area contributed by atoms with Crippen molar-refractivity contribution in [2.45, 2.75) is 6.92 Å². The molecule has 112 valence electrons. The Morgan fingerprint density at radius 2 is 1.86 bits per heavy atom. The second kappa shape index (κ2) is 6.13. The number of carbonyl (C=O) groups excluding carboxylic acids is 1. The summed E-state index contributed by atoms with van der Waals surface area (Å²) in [7, 11) is 6.64. The molecular weight excluding hydrogens is 288 g/mol. The SMILES string of the molecule is COc1ccc(-c2nc(C)sc2C(=O)N(C)C)cc1OC. The van der Waals surface area contributed by atoms with Crippen LogP contribution in [0.3, 0.4) is 0 Å². The van der Waals surface area contributed by atoms with Crippen LogP contribution in [0.1, 0.15) is 14.7 Å². The zero-order chi connectivity index (χ0) is 15.6. The number of carbonyl (C=O) groups is 1. The van der Waals surface area contributed by atoms with Crippen LogP contribution < -0.4 is 9.47 Å². The number of rotatable bonds is 4. The van der Waals surface area contributed by atoms with Crippen molar-refractivity contribution in [2.75, 3.05) is 28.3 Å². The molecule has 0 aliphatic carbocycles. The summed E-state index contributed by atoms with van der Waals surface area (Å²) in [6.07, 6.45) is 0. The Morgan fingerprint density at radius 3 is 2.43 bits per heavy atom. The molecular formula is C15H18N2O3S. The summed E-state index contributed by atoms with van der Waals surface area (Å²) in [5, 5.41) is 0.852. The van der Waals surface area contributed by atoms with Gasteiger partial charge in [-0.25, -0.2) is 4.98 Å². The number of aromatic nitrogens is 1. The van der Waals surface area contributed by atoms with Crippen LogP contribution in [0.5, 0.6) is 11.5 Å². The van der Waals surface area contributed by atoms with Crippen molar-refractivity contribution < 1.29 is 14.3 Å². The van der Waals surface area contributed by atoms with Gasteiger partial charge in [-0.2, -0.15) is 0 Å². The molecule has 0 saturated carbocycles. The molecule has 0 fully saturated rings. The smallest absolute Gasteiger partial charge is 0.265 e. The molecule has 0 spiro atoms. The van der Waals surface area contributed by atoms with Crippen LogP contribution in [0.4, 0.5) is 0 Å². The molecule has 5 nitrogen and oxygen atoms in total. The predicted molar refractivity (Wildman–Crippen MR) is 83.4 cm³/mol. The maximum Gasteiger partial charge on any atom is 0.265 e. The van der Waals surface area contributed by atoms with Gasteiger partial charge >= 0.3 is 0 Å². The quantitative estimate of drug-likeness (QED) is 0.871. The van der Waals surface area contributed by atoms with Crippen LogP contribution >= 0.6 is 11.3 Å². The third kappa shape index (κ3) is 3.00. The van der Waals surface area contributed by atoms with Crippen LogP contribution in [-0.2, 0) is 0 Å². The number of hydrogen-bond donors (Lipinski definition) is 0. The molecule has 0 bridgehead atoms. The largest absolute Gasteiger partial charge is 0.493 e. The fourth-order valence-corrected chi connectivity index (χ4v) is 2.92. The number of thiazole rings is 1. The Labute approximate surface area is 128 Å². The Kier molecular flexibility index (Phi) is 4.47. The molecule has 2 aromatic rings. The summed E-state index contributed by atoms with van der Waals surface area (Å²) >= 11 is 1.39. The predicted octanol–water partition coefficient (Wildman–Crippen LogP) is 2.84. The lowest BCUT2D eigenvalue weighted by Crippen LogP contribution is -2.21. The third-order valence-corrected chi connectivity index (χ3v) is 3.95. The van der Waals surface area contributed by atoms with Crippen molar-refractivity contribution in [3.05, 3.63) is 28.1 Å². The van der Waals surface area contributed by atoms with Crippen molar-refractivity contribution in [1.82, 2.24) is 9.88 Å². The van der Waals surface area contributed by atoms with E-state index >= 15 is 0 Å². The van der Waals surface area contributed by atoms with Crippen LogP contribution in [0.25, 0.3) is 11.3 Å². The van der Waals surface area contributed by atoms with E-state index in [1.165, 1.54) is 11.3 Å². The van der Waals surface area contributed by atoms with Gasteiger partial charge in [-0.15, -0.1) is 11.3 Å². The van der Waals surface area contributed by atoms with E-state index in [9.17, 15) is 4.79 Å². The second-order valence-corrected chi connectivity index (χ2v) is 5.88. The molecule has 6 heteroatoms. The molecule has 1 aromatic carbocycles. The minimum absolute atomic E-state index is 0.0506. The van der Waals surface area contributed by atoms with E-state index in [2.05, 4.69) is 4.98 Å². The molecule has 0 aliphatic heterocycles. The average Bonchev–Trinajstić information content (AvgIpc) is 2.87. The molecule has 1 heterocycles. The van der Waals surface area contributed by atoms with Crippen molar-refractivity contribution in [1.29, 1.82) is 0 Å². The van der Waals surface area contributed by atoms with Gasteiger partial charge in [0.2, 0.25) is 0 Å². The highest BCUT2D eigenvalue weighted by Gasteiger charge is 2.20. The number of amides is 1. The first-order chi connectivity index (χ1) is 9.97. The van der Waals surface area contributed by atoms with Gasteiger partial charge < -0.3 is 14.4 Å². The lowest BCUT2D eigenvalue weighted by Gasteiger charge is -2.11. The first-order valence-electron chi connectivity index (χ1n) is 6.39. The molecule has 0 N–H and O–H groups in total. The second-order valence-electron chi connectivity index (χ2n) is 4.68. The molecule has 2 rings (SSSR count). The first kappa shape index (κ1) is 15.3. The fraction of sp³-hybridized carbons (Fsp3) is 0.333. The zero-order valence-electron chi connectivity index (χ0n) is 12.8. The van der Waals surface area contributed by atoms with Crippen molar-refractivity contribution in [3.63, 3.8) is 0 Å². The summed E-state index contributed by atoms with van der Waals surface area (Å²) in [5.41, 5.74) is 1.51. The molecule has 0 atom stereocenters. The third-order valence-electron chi connectivity index (χ3n) is 2.99. The van der Waals surface area contributed by atoms with E-state index in [-0.39, 0.29) is 5.91 Å². The van der Waals surface area contributed by atoms with E-state index in [1.807, 2.05) is 25.1 Å². The fourth-order valence-electron chi connectivity index (χ4n) is 1.95. The van der Waals surface area contributed by atoms with Gasteiger partial charge in [0.05, 0.1) is 24.9 Å². The minimum Gasteiger partial charge on any atom is -0.493 e. The van der Waals surface area contributed by atoms with E-state index in [0.717, 1.165) is 10.6 Å². The van der Waals surface area contributed by atoms with Crippen molar-refractivity contribution >= 4 is 17.2 Å². The maximum atomic E-state index is 12.3. The number of nitrogens with zero attached hydrogens (tertiary/aromatic N) is 2. The molecule has 0 unspecified atom stereocenters. The molecule has 0 radical (unpaired) electrons. The molecule has 1 aromatic heterocycles. The first-order valence-corrected chi connectivity index (χ1v) is 7.21. The van der Waals surface area contributed by atoms with E-state index in [1.54, 1.807) is 33.2 Å². The summed E-state index contributed by atoms with van der Waals surface area (Å²) in [5.74, 6) is 1.21. The van der Waals surface area contributed by atoms with Gasteiger partial charge in [-0.3, -0.25) is 4.79 Å². The molecule has 21 heavy (non-hydrogen) atoms. The lowest BCUT2D eigenvalue weighted by molar-refractivity contribution is 0.0832. The number of benzene rings is 1. The number of ether oxygens (including phenoxy) is 2. The Balaban J connectivity index is 2.54. The Morgan fingerprint density at radius 1 is 1.19 bits per heavy atom. The van der Waals surface area contributed by atoms with Crippen molar-refractivity contribution in [2.24, 2.45) is 0 Å². The highest BCUT2D eigenvalue weighted by atomic mass is 32.1. The maximum absolute atomic E-state index is 12.3. The van der Waals surface area contributed by atoms with Crippen molar-refractivity contribution in [3.8, 4) is 22.8 Å². The lowest BCUT2D eigenvalue weighted by atomic mass is 10.1. The summed E-state index contributed by atoms with van der Waals surface area (Å²) < 4.78 is 10.5. The summed E-state index contributed by atoms with van der Waals surface area (Å²) in [6.45, 7) is 1.89. The summed E-state index contributed by atoms with van der Waals surface area (Å²) in [4.78, 5) is 18.9. The van der Waals surface area contributed by atoms with Crippen LogP contribution in [0.2, 0.25) is 0 Å². The molecule has 1 amide bonds. The van der Waals surface area contributed by atoms with Gasteiger partial charge in [-0.1, -0.05) is 0 Å². The van der Waals surface area contributed by atoms with E-state index in [0.29, 0.717) is 22.1 Å². The van der Waals surface area contributed by atoms with Gasteiger partial charge in [0.1, 0.15) is 4.88 Å². The topological polar surface area (TPSA) is 51.7 Å². The summed E-state index contributed by atoms with van der Waals surface area (Å²) in [6, 6.07) is 5.52.